The van der Waals surface area contributed by atoms with Crippen molar-refractivity contribution in [3.05, 3.63) is 30.3 Å². The van der Waals surface area contributed by atoms with Crippen molar-refractivity contribution in [2.45, 2.75) is 0 Å². The van der Waals surface area contributed by atoms with Gasteiger partial charge in [-0.15, -0.1) is 0 Å². The lowest BCUT2D eigenvalue weighted by molar-refractivity contribution is 0.0981. The number of para-hydroxylation sites is 1. The number of benzene rings is 1. The normalized spacial score (nSPS) is 22.7. The van der Waals surface area contributed by atoms with E-state index >= 15 is 0 Å². The van der Waals surface area contributed by atoms with E-state index in [9.17, 15) is 0 Å². The van der Waals surface area contributed by atoms with Gasteiger partial charge < -0.3 is 14.8 Å². The van der Waals surface area contributed by atoms with E-state index in [2.05, 4.69) is 64.2 Å². The van der Waals surface area contributed by atoms with Gasteiger partial charge in [0, 0.05) is 51.7 Å². The summed E-state index contributed by atoms with van der Waals surface area (Å²) in [7, 11) is 4.42. The van der Waals surface area contributed by atoms with Gasteiger partial charge in [-0.2, -0.15) is 0 Å². The van der Waals surface area contributed by atoms with Crippen LogP contribution in [0.1, 0.15) is 0 Å². The minimum Gasteiger partial charge on any atom is -0.306 e. The van der Waals surface area contributed by atoms with Crippen molar-refractivity contribution in [1.82, 2.24) is 14.8 Å². The zero-order valence-electron chi connectivity index (χ0n) is 12.7. The average Bonchev–Trinajstić information content (AvgIpc) is 2.44. The van der Waals surface area contributed by atoms with Crippen molar-refractivity contribution >= 4 is 5.69 Å². The zero-order valence-corrected chi connectivity index (χ0v) is 12.7. The highest BCUT2D eigenvalue weighted by Crippen LogP contribution is 2.22. The summed E-state index contributed by atoms with van der Waals surface area (Å²) in [6.45, 7) is 8.20. The number of rotatable bonds is 4. The van der Waals surface area contributed by atoms with Gasteiger partial charge in [-0.3, -0.25) is 0 Å². The second-order valence-electron chi connectivity index (χ2n) is 6.26. The molecule has 0 aromatic heterocycles. The molecule has 3 rings (SSSR count). The maximum atomic E-state index is 2.54. The van der Waals surface area contributed by atoms with Crippen molar-refractivity contribution in [2.75, 3.05) is 64.9 Å². The largest absolute Gasteiger partial charge is 0.306 e. The minimum absolute atomic E-state index is 0.805. The highest BCUT2D eigenvalue weighted by molar-refractivity contribution is 5.45. The molecule has 0 unspecified atom stereocenters. The van der Waals surface area contributed by atoms with E-state index in [4.69, 9.17) is 0 Å². The Labute approximate surface area is 122 Å². The molecular formula is C16H26N4. The Morgan fingerprint density at radius 1 is 0.950 bits per heavy atom. The van der Waals surface area contributed by atoms with Gasteiger partial charge in [0.05, 0.1) is 5.69 Å². The smallest absolute Gasteiger partial charge is 0.0522 e. The summed E-state index contributed by atoms with van der Waals surface area (Å²) in [5.41, 5.74) is 1.34. The minimum atomic E-state index is 0.805. The van der Waals surface area contributed by atoms with Gasteiger partial charge in [0.15, 0.2) is 0 Å². The Balaban J connectivity index is 1.69. The van der Waals surface area contributed by atoms with Crippen LogP contribution in [0.4, 0.5) is 5.69 Å². The fourth-order valence-corrected chi connectivity index (χ4v) is 3.21. The van der Waals surface area contributed by atoms with Crippen LogP contribution in [0.15, 0.2) is 30.3 Å². The summed E-state index contributed by atoms with van der Waals surface area (Å²) in [5.74, 6) is 0.805. The van der Waals surface area contributed by atoms with E-state index in [1.807, 2.05) is 0 Å². The summed E-state index contributed by atoms with van der Waals surface area (Å²) in [5, 5.41) is 5.05. The lowest BCUT2D eigenvalue weighted by Gasteiger charge is -2.46. The fraction of sp³-hybridized carbons (Fsp3) is 0.625. The third-order valence-corrected chi connectivity index (χ3v) is 4.45. The number of anilines is 1. The lowest BCUT2D eigenvalue weighted by Crippen LogP contribution is -2.57. The van der Waals surface area contributed by atoms with Crippen LogP contribution in [0.5, 0.6) is 0 Å². The molecule has 20 heavy (non-hydrogen) atoms. The molecule has 0 aliphatic carbocycles. The van der Waals surface area contributed by atoms with Crippen molar-refractivity contribution < 1.29 is 0 Å². The maximum Gasteiger partial charge on any atom is 0.0522 e. The third-order valence-electron chi connectivity index (χ3n) is 4.45. The highest BCUT2D eigenvalue weighted by Gasteiger charge is 2.29. The Morgan fingerprint density at radius 2 is 1.60 bits per heavy atom. The predicted molar refractivity (Wildman–Crippen MR) is 83.8 cm³/mol. The molecule has 0 bridgehead atoms. The van der Waals surface area contributed by atoms with E-state index in [-0.39, 0.29) is 0 Å². The predicted octanol–water partition coefficient (Wildman–Crippen LogP) is 1.22. The monoisotopic (exact) mass is 274 g/mol. The molecule has 0 amide bonds. The molecule has 1 aromatic rings. The molecule has 2 heterocycles. The molecule has 0 spiro atoms. The topological polar surface area (TPSA) is 13.0 Å². The van der Waals surface area contributed by atoms with Gasteiger partial charge >= 0.3 is 0 Å². The SMILES string of the molecule is CN1CCN(N(CC2CN(C)C2)c2ccccc2)CC1. The second kappa shape index (κ2) is 6.12. The Hall–Kier alpha value is -1.10. The van der Waals surface area contributed by atoms with E-state index in [1.54, 1.807) is 0 Å². The highest BCUT2D eigenvalue weighted by atomic mass is 15.6. The van der Waals surface area contributed by atoms with Crippen LogP contribution in [-0.2, 0) is 0 Å². The van der Waals surface area contributed by atoms with Crippen LogP contribution in [0, 0.1) is 5.92 Å². The van der Waals surface area contributed by atoms with E-state index < -0.39 is 0 Å². The first-order valence-corrected chi connectivity index (χ1v) is 7.67. The first kappa shape index (κ1) is 13.9. The molecule has 2 fully saturated rings. The number of likely N-dealkylation sites (tertiary alicyclic amines) is 1. The van der Waals surface area contributed by atoms with Crippen LogP contribution in [-0.4, -0.2) is 74.7 Å². The second-order valence-corrected chi connectivity index (χ2v) is 6.26. The molecule has 4 heteroatoms. The molecule has 110 valence electrons. The van der Waals surface area contributed by atoms with Gasteiger partial charge in [0.2, 0.25) is 0 Å². The van der Waals surface area contributed by atoms with Crippen LogP contribution in [0.3, 0.4) is 0 Å². The Bertz CT molecular complexity index is 408. The molecule has 0 saturated carbocycles. The van der Waals surface area contributed by atoms with E-state index in [0.29, 0.717) is 0 Å². The quantitative estimate of drug-likeness (QED) is 0.818. The van der Waals surface area contributed by atoms with Gasteiger partial charge in [0.1, 0.15) is 0 Å². The molecule has 0 atom stereocenters. The van der Waals surface area contributed by atoms with Gasteiger partial charge in [0.25, 0.3) is 0 Å². The Morgan fingerprint density at radius 3 is 2.20 bits per heavy atom. The summed E-state index contributed by atoms with van der Waals surface area (Å²) in [6, 6.07) is 10.9. The number of likely N-dealkylation sites (N-methyl/N-ethyl adjacent to an activating group) is 1. The number of hydrogen-bond donors (Lipinski definition) is 0. The molecule has 2 aliphatic heterocycles. The Kier molecular flexibility index (Phi) is 4.24. The summed E-state index contributed by atoms with van der Waals surface area (Å²) in [6.07, 6.45) is 0. The first-order chi connectivity index (χ1) is 9.72. The number of hydrazine groups is 1. The molecular weight excluding hydrogens is 248 g/mol. The van der Waals surface area contributed by atoms with E-state index in [0.717, 1.165) is 38.6 Å². The van der Waals surface area contributed by atoms with Gasteiger partial charge in [-0.05, 0) is 26.2 Å². The number of nitrogens with zero attached hydrogens (tertiary/aromatic N) is 4. The molecule has 2 aliphatic rings. The fourth-order valence-electron chi connectivity index (χ4n) is 3.21. The lowest BCUT2D eigenvalue weighted by atomic mass is 10.0. The number of hydrogen-bond acceptors (Lipinski definition) is 4. The van der Waals surface area contributed by atoms with Crippen molar-refractivity contribution in [1.29, 1.82) is 0 Å². The summed E-state index contributed by atoms with van der Waals surface area (Å²) < 4.78 is 0. The first-order valence-electron chi connectivity index (χ1n) is 7.67. The van der Waals surface area contributed by atoms with Crippen molar-refractivity contribution in [2.24, 2.45) is 5.92 Å². The molecule has 2 saturated heterocycles. The van der Waals surface area contributed by atoms with Crippen LogP contribution in [0.2, 0.25) is 0 Å². The summed E-state index contributed by atoms with van der Waals surface area (Å²) in [4.78, 5) is 4.81. The maximum absolute atomic E-state index is 2.54. The van der Waals surface area contributed by atoms with Gasteiger partial charge in [-0.25, -0.2) is 5.01 Å². The van der Waals surface area contributed by atoms with Gasteiger partial charge in [-0.1, -0.05) is 18.2 Å². The standard InChI is InChI=1S/C16H26N4/c1-17-8-10-19(11-9-17)20(14-15-12-18(2)13-15)16-6-4-3-5-7-16/h3-7,15H,8-14H2,1-2H3. The number of piperazine rings is 1. The average molecular weight is 274 g/mol. The third kappa shape index (κ3) is 3.14. The van der Waals surface area contributed by atoms with Crippen LogP contribution >= 0.6 is 0 Å². The van der Waals surface area contributed by atoms with Crippen molar-refractivity contribution in [3.8, 4) is 0 Å². The molecule has 4 nitrogen and oxygen atoms in total. The van der Waals surface area contributed by atoms with E-state index in [1.165, 1.54) is 18.8 Å². The molecule has 1 aromatic carbocycles. The molecule has 0 radical (unpaired) electrons. The van der Waals surface area contributed by atoms with Crippen LogP contribution in [0.25, 0.3) is 0 Å². The van der Waals surface area contributed by atoms with Crippen molar-refractivity contribution in [3.63, 3.8) is 0 Å². The summed E-state index contributed by atoms with van der Waals surface area (Å²) >= 11 is 0. The zero-order chi connectivity index (χ0) is 13.9. The molecule has 0 N–H and O–H groups in total. The van der Waals surface area contributed by atoms with Crippen LogP contribution < -0.4 is 5.01 Å².